The Morgan fingerprint density at radius 1 is 0.543 bits per heavy atom. The number of aromatic nitrogens is 1. The van der Waals surface area contributed by atoms with Gasteiger partial charge in [0, 0.05) is 12.4 Å². The molecule has 4 atom stereocenters. The summed E-state index contributed by atoms with van der Waals surface area (Å²) in [6, 6.07) is 44.5. The first-order valence-corrected chi connectivity index (χ1v) is 15.7. The van der Waals surface area contributed by atoms with Crippen LogP contribution >= 0.6 is 0 Å². The van der Waals surface area contributed by atoms with Crippen molar-refractivity contribution in [1.29, 1.82) is 0 Å². The van der Waals surface area contributed by atoms with Crippen molar-refractivity contribution in [3.05, 3.63) is 179 Å². The van der Waals surface area contributed by atoms with Gasteiger partial charge >= 0.3 is 0 Å². The van der Waals surface area contributed by atoms with Crippen LogP contribution < -0.4 is 0 Å². The van der Waals surface area contributed by atoms with Gasteiger partial charge in [-0.2, -0.15) is 0 Å². The van der Waals surface area contributed by atoms with E-state index < -0.39 is 24.4 Å². The summed E-state index contributed by atoms with van der Waals surface area (Å²) < 4.78 is 33.3. The predicted molar refractivity (Wildman–Crippen MR) is 178 cm³/mol. The second kappa shape index (κ2) is 16.6. The van der Waals surface area contributed by atoms with Crippen LogP contribution in [0.15, 0.2) is 152 Å². The fourth-order valence-corrected chi connectivity index (χ4v) is 5.45. The van der Waals surface area contributed by atoms with E-state index in [0.29, 0.717) is 38.8 Å². The largest absolute Gasteiger partial charge is 0.487 e. The molecule has 0 radical (unpaired) electrons. The molecule has 2 heterocycles. The van der Waals surface area contributed by atoms with E-state index in [1.165, 1.54) is 0 Å². The Balaban J connectivity index is 1.34. The summed E-state index contributed by atoms with van der Waals surface area (Å²) in [5.41, 5.74) is 5.17. The Morgan fingerprint density at radius 2 is 1.04 bits per heavy atom. The van der Waals surface area contributed by atoms with E-state index in [1.807, 2.05) is 97.2 Å². The SMILES string of the molecule is C(=C1/O[C@H](COCc2ccccc2)[C@@H](OCc2ccccc2)[C@H](OCc2ccccc2)[C@H]1OCc1ccccc1)/c1cccnc1. The molecule has 234 valence electrons. The number of hydrogen-bond acceptors (Lipinski definition) is 6. The van der Waals surface area contributed by atoms with Gasteiger partial charge in [-0.3, -0.25) is 4.98 Å². The molecule has 1 aromatic heterocycles. The zero-order chi connectivity index (χ0) is 31.2. The molecule has 0 unspecified atom stereocenters. The van der Waals surface area contributed by atoms with Crippen molar-refractivity contribution in [2.45, 2.75) is 50.8 Å². The first-order chi connectivity index (χ1) is 22.8. The fraction of sp³-hybridized carbons (Fsp3) is 0.225. The Hall–Kier alpha value is -4.59. The molecule has 1 aliphatic heterocycles. The quantitative estimate of drug-likeness (QED) is 0.127. The molecule has 4 aromatic carbocycles. The first-order valence-electron chi connectivity index (χ1n) is 15.7. The summed E-state index contributed by atoms with van der Waals surface area (Å²) in [5, 5.41) is 0. The van der Waals surface area contributed by atoms with E-state index in [9.17, 15) is 0 Å². The lowest BCUT2D eigenvalue weighted by Crippen LogP contribution is -2.56. The molecule has 0 N–H and O–H groups in total. The molecule has 1 aliphatic rings. The predicted octanol–water partition coefficient (Wildman–Crippen LogP) is 7.79. The lowest BCUT2D eigenvalue weighted by atomic mass is 9.95. The number of pyridine rings is 1. The van der Waals surface area contributed by atoms with Gasteiger partial charge in [0.05, 0.1) is 33.0 Å². The highest BCUT2D eigenvalue weighted by Crippen LogP contribution is 2.34. The molecule has 1 fully saturated rings. The van der Waals surface area contributed by atoms with E-state index in [4.69, 9.17) is 23.7 Å². The molecule has 0 spiro atoms. The third-order valence-corrected chi connectivity index (χ3v) is 7.79. The minimum absolute atomic E-state index is 0.301. The van der Waals surface area contributed by atoms with E-state index in [2.05, 4.69) is 53.5 Å². The van der Waals surface area contributed by atoms with E-state index in [-0.39, 0.29) is 0 Å². The molecule has 5 aromatic rings. The minimum atomic E-state index is -0.560. The van der Waals surface area contributed by atoms with Gasteiger partial charge in [-0.15, -0.1) is 0 Å². The van der Waals surface area contributed by atoms with Gasteiger partial charge in [0.25, 0.3) is 0 Å². The summed E-state index contributed by atoms with van der Waals surface area (Å²) in [6.07, 6.45) is 3.53. The Kier molecular flexibility index (Phi) is 11.4. The maximum absolute atomic E-state index is 6.79. The molecule has 6 heteroatoms. The van der Waals surface area contributed by atoms with Crippen LogP contribution in [0, 0.1) is 0 Å². The zero-order valence-electron chi connectivity index (χ0n) is 25.8. The molecular formula is C40H39NO5. The van der Waals surface area contributed by atoms with Crippen LogP contribution in [0.1, 0.15) is 27.8 Å². The summed E-state index contributed by atoms with van der Waals surface area (Å²) >= 11 is 0. The van der Waals surface area contributed by atoms with Crippen molar-refractivity contribution in [1.82, 2.24) is 4.98 Å². The van der Waals surface area contributed by atoms with Crippen molar-refractivity contribution < 1.29 is 23.7 Å². The van der Waals surface area contributed by atoms with Crippen LogP contribution in [0.3, 0.4) is 0 Å². The van der Waals surface area contributed by atoms with Crippen LogP contribution in [0.2, 0.25) is 0 Å². The standard InChI is InChI=1S/C40H39NO5/c1-5-14-31(15-6-1)26-42-30-37-39(44-28-33-18-9-3-10-19-33)40(45-29-34-20-11-4-12-21-34)38(43-27-32-16-7-2-8-17-32)36(46-37)24-35-22-13-23-41-25-35/h1-25,37-40H,26-30H2/b36-24-/t37-,38+,39-,40-/m1/s1. The highest BCUT2D eigenvalue weighted by Gasteiger charge is 2.46. The third-order valence-electron chi connectivity index (χ3n) is 7.79. The van der Waals surface area contributed by atoms with Gasteiger partial charge in [-0.25, -0.2) is 0 Å². The van der Waals surface area contributed by atoms with Crippen LogP contribution in [0.4, 0.5) is 0 Å². The number of ether oxygens (including phenoxy) is 5. The number of benzene rings is 4. The monoisotopic (exact) mass is 613 g/mol. The fourth-order valence-electron chi connectivity index (χ4n) is 5.45. The molecule has 0 amide bonds. The van der Waals surface area contributed by atoms with Crippen molar-refractivity contribution in [2.24, 2.45) is 0 Å². The van der Waals surface area contributed by atoms with Crippen molar-refractivity contribution in [2.75, 3.05) is 6.61 Å². The number of hydrogen-bond donors (Lipinski definition) is 0. The first kappa shape index (κ1) is 31.4. The van der Waals surface area contributed by atoms with Crippen molar-refractivity contribution in [3.63, 3.8) is 0 Å². The highest BCUT2D eigenvalue weighted by atomic mass is 16.6. The zero-order valence-corrected chi connectivity index (χ0v) is 25.8. The average Bonchev–Trinajstić information content (AvgIpc) is 3.12. The lowest BCUT2D eigenvalue weighted by molar-refractivity contribution is -0.222. The summed E-state index contributed by atoms with van der Waals surface area (Å²) in [6.45, 7) is 1.92. The Morgan fingerprint density at radius 3 is 1.57 bits per heavy atom. The number of rotatable bonds is 14. The molecular weight excluding hydrogens is 574 g/mol. The van der Waals surface area contributed by atoms with Gasteiger partial charge in [0.15, 0.2) is 6.10 Å². The van der Waals surface area contributed by atoms with Gasteiger partial charge < -0.3 is 23.7 Å². The molecule has 46 heavy (non-hydrogen) atoms. The summed E-state index contributed by atoms with van der Waals surface area (Å²) in [5.74, 6) is 0.648. The van der Waals surface area contributed by atoms with Crippen LogP contribution in [0.5, 0.6) is 0 Å². The summed E-state index contributed by atoms with van der Waals surface area (Å²) in [4.78, 5) is 4.32. The van der Waals surface area contributed by atoms with E-state index in [1.54, 1.807) is 6.20 Å². The van der Waals surface area contributed by atoms with E-state index >= 15 is 0 Å². The second-order valence-corrected chi connectivity index (χ2v) is 11.2. The Labute approximate surface area is 271 Å². The summed E-state index contributed by atoms with van der Waals surface area (Å²) in [7, 11) is 0. The third kappa shape index (κ3) is 8.99. The topological polar surface area (TPSA) is 59.0 Å². The van der Waals surface area contributed by atoms with Crippen LogP contribution in [0.25, 0.3) is 6.08 Å². The van der Waals surface area contributed by atoms with Gasteiger partial charge in [-0.1, -0.05) is 127 Å². The van der Waals surface area contributed by atoms with Crippen LogP contribution in [-0.4, -0.2) is 36.0 Å². The van der Waals surface area contributed by atoms with Crippen LogP contribution in [-0.2, 0) is 50.1 Å². The molecule has 1 saturated heterocycles. The molecule has 0 bridgehead atoms. The molecule has 0 aliphatic carbocycles. The maximum Gasteiger partial charge on any atom is 0.150 e. The maximum atomic E-state index is 6.79. The molecule has 0 saturated carbocycles. The normalized spacial score (nSPS) is 20.3. The average molecular weight is 614 g/mol. The second-order valence-electron chi connectivity index (χ2n) is 11.2. The van der Waals surface area contributed by atoms with E-state index in [0.717, 1.165) is 27.8 Å². The van der Waals surface area contributed by atoms with Gasteiger partial charge in [0.2, 0.25) is 0 Å². The molecule has 6 nitrogen and oxygen atoms in total. The van der Waals surface area contributed by atoms with Gasteiger partial charge in [0.1, 0.15) is 24.1 Å². The number of nitrogens with zero attached hydrogens (tertiary/aromatic N) is 1. The lowest BCUT2D eigenvalue weighted by Gasteiger charge is -2.43. The molecule has 6 rings (SSSR count). The van der Waals surface area contributed by atoms with Gasteiger partial charge in [-0.05, 0) is 40.0 Å². The smallest absolute Gasteiger partial charge is 0.150 e. The minimum Gasteiger partial charge on any atom is -0.487 e. The Bertz CT molecular complexity index is 1600. The highest BCUT2D eigenvalue weighted by molar-refractivity contribution is 5.51. The van der Waals surface area contributed by atoms with Crippen molar-refractivity contribution in [3.8, 4) is 0 Å². The van der Waals surface area contributed by atoms with Crippen molar-refractivity contribution >= 4 is 6.08 Å².